The number of rotatable bonds is 4. The molecule has 0 radical (unpaired) electrons. The summed E-state index contributed by atoms with van der Waals surface area (Å²) in [5.41, 5.74) is 1.57. The maximum Gasteiger partial charge on any atom is 0.261 e. The molecule has 6 nitrogen and oxygen atoms in total. The van der Waals surface area contributed by atoms with Crippen LogP contribution in [0.25, 0.3) is 0 Å². The van der Waals surface area contributed by atoms with Crippen molar-refractivity contribution in [1.82, 2.24) is 9.88 Å². The molecular formula is C21H21N3O3. The highest BCUT2D eigenvalue weighted by Gasteiger charge is 2.39. The van der Waals surface area contributed by atoms with Crippen molar-refractivity contribution in [3.05, 3.63) is 59.9 Å². The van der Waals surface area contributed by atoms with Crippen molar-refractivity contribution in [2.24, 2.45) is 11.8 Å². The molecule has 2 heterocycles. The Bertz CT molecular complexity index is 846. The van der Waals surface area contributed by atoms with Gasteiger partial charge in [0.05, 0.1) is 23.0 Å². The molecule has 1 aliphatic heterocycles. The lowest BCUT2D eigenvalue weighted by molar-refractivity contribution is -0.122. The number of anilines is 1. The average molecular weight is 363 g/mol. The summed E-state index contributed by atoms with van der Waals surface area (Å²) in [6, 6.07) is 10.5. The van der Waals surface area contributed by atoms with Crippen LogP contribution < -0.4 is 5.32 Å². The molecule has 1 aromatic heterocycles. The summed E-state index contributed by atoms with van der Waals surface area (Å²) in [6.45, 7) is 0.289. The molecule has 0 spiro atoms. The maximum atomic E-state index is 12.8. The van der Waals surface area contributed by atoms with E-state index in [1.54, 1.807) is 48.8 Å². The largest absolute Gasteiger partial charge is 0.324 e. The first-order valence-corrected chi connectivity index (χ1v) is 9.31. The second-order valence-corrected chi connectivity index (χ2v) is 7.15. The zero-order chi connectivity index (χ0) is 18.8. The van der Waals surface area contributed by atoms with Gasteiger partial charge in [0.1, 0.15) is 0 Å². The first-order chi connectivity index (χ1) is 13.1. The Balaban J connectivity index is 1.49. The van der Waals surface area contributed by atoms with Gasteiger partial charge in [0.15, 0.2) is 0 Å². The van der Waals surface area contributed by atoms with Crippen molar-refractivity contribution < 1.29 is 14.4 Å². The van der Waals surface area contributed by atoms with E-state index in [1.807, 2.05) is 0 Å². The van der Waals surface area contributed by atoms with Gasteiger partial charge in [0, 0.05) is 18.7 Å². The van der Waals surface area contributed by atoms with Gasteiger partial charge in [-0.05, 0) is 43.0 Å². The Morgan fingerprint density at radius 2 is 1.74 bits per heavy atom. The van der Waals surface area contributed by atoms with Gasteiger partial charge in [0.2, 0.25) is 5.91 Å². The van der Waals surface area contributed by atoms with Crippen molar-refractivity contribution in [1.29, 1.82) is 0 Å². The zero-order valence-corrected chi connectivity index (χ0v) is 14.9. The highest BCUT2D eigenvalue weighted by Crippen LogP contribution is 2.34. The fourth-order valence-electron chi connectivity index (χ4n) is 4.08. The molecule has 2 aromatic rings. The van der Waals surface area contributed by atoms with E-state index >= 15 is 0 Å². The van der Waals surface area contributed by atoms with Crippen LogP contribution in [0.3, 0.4) is 0 Å². The van der Waals surface area contributed by atoms with Crippen LogP contribution in [-0.2, 0) is 4.79 Å². The van der Waals surface area contributed by atoms with E-state index in [0.717, 1.165) is 25.7 Å². The molecule has 2 aliphatic rings. The highest BCUT2D eigenvalue weighted by molar-refractivity contribution is 6.21. The molecule has 0 saturated heterocycles. The maximum absolute atomic E-state index is 12.8. The second-order valence-electron chi connectivity index (χ2n) is 7.15. The smallest absolute Gasteiger partial charge is 0.261 e. The van der Waals surface area contributed by atoms with Gasteiger partial charge in [-0.1, -0.05) is 25.0 Å². The monoisotopic (exact) mass is 363 g/mol. The Morgan fingerprint density at radius 1 is 1.04 bits per heavy atom. The number of hydrogen-bond acceptors (Lipinski definition) is 4. The van der Waals surface area contributed by atoms with E-state index < -0.39 is 0 Å². The number of hydrogen-bond donors (Lipinski definition) is 1. The summed E-state index contributed by atoms with van der Waals surface area (Å²) >= 11 is 0. The number of imide groups is 1. The summed E-state index contributed by atoms with van der Waals surface area (Å²) < 4.78 is 0. The molecule has 0 bridgehead atoms. The number of pyridine rings is 1. The number of nitrogens with one attached hydrogen (secondary N) is 1. The van der Waals surface area contributed by atoms with Crippen LogP contribution in [0.5, 0.6) is 0 Å². The second kappa shape index (κ2) is 7.31. The van der Waals surface area contributed by atoms with Crippen molar-refractivity contribution in [3.8, 4) is 0 Å². The molecule has 4 rings (SSSR count). The topological polar surface area (TPSA) is 79.4 Å². The number of carbonyl (C=O) groups excluding carboxylic acids is 3. The first-order valence-electron chi connectivity index (χ1n) is 9.31. The SMILES string of the molecule is O=C(Nc1cccnc1)C1CCCCC1CN1C(=O)c2ccccc2C1=O. The number of fused-ring (bicyclic) bond motifs is 1. The third kappa shape index (κ3) is 3.35. The van der Waals surface area contributed by atoms with E-state index in [4.69, 9.17) is 0 Å². The quantitative estimate of drug-likeness (QED) is 0.847. The standard InChI is InChI=1S/C21H21N3O3/c25-19(23-15-7-5-11-22-12-15)16-8-2-1-6-14(16)13-24-20(26)17-9-3-4-10-18(17)21(24)27/h3-5,7,9-12,14,16H,1-2,6,8,13H2,(H,23,25). The van der Waals surface area contributed by atoms with Crippen molar-refractivity contribution >= 4 is 23.4 Å². The Hall–Kier alpha value is -3.02. The zero-order valence-electron chi connectivity index (χ0n) is 14.9. The number of nitrogens with zero attached hydrogens (tertiary/aromatic N) is 2. The summed E-state index contributed by atoms with van der Waals surface area (Å²) in [4.78, 5) is 43.4. The number of benzene rings is 1. The van der Waals surface area contributed by atoms with Crippen LogP contribution in [0.15, 0.2) is 48.8 Å². The number of carbonyl (C=O) groups is 3. The average Bonchev–Trinajstić information content (AvgIpc) is 2.94. The van der Waals surface area contributed by atoms with Crippen LogP contribution in [-0.4, -0.2) is 34.2 Å². The van der Waals surface area contributed by atoms with E-state index in [0.29, 0.717) is 16.8 Å². The molecule has 1 aliphatic carbocycles. The highest BCUT2D eigenvalue weighted by atomic mass is 16.2. The summed E-state index contributed by atoms with van der Waals surface area (Å²) in [7, 11) is 0. The molecule has 6 heteroatoms. The minimum atomic E-state index is -0.257. The van der Waals surface area contributed by atoms with Crippen LogP contribution in [0, 0.1) is 11.8 Å². The third-order valence-corrected chi connectivity index (χ3v) is 5.47. The van der Waals surface area contributed by atoms with Gasteiger partial charge in [-0.25, -0.2) is 0 Å². The molecule has 2 unspecified atom stereocenters. The molecule has 1 fully saturated rings. The third-order valence-electron chi connectivity index (χ3n) is 5.47. The van der Waals surface area contributed by atoms with Crippen molar-refractivity contribution in [3.63, 3.8) is 0 Å². The Labute approximate surface area is 157 Å². The lowest BCUT2D eigenvalue weighted by Crippen LogP contribution is -2.41. The van der Waals surface area contributed by atoms with Gasteiger partial charge in [-0.15, -0.1) is 0 Å². The fraction of sp³-hybridized carbons (Fsp3) is 0.333. The van der Waals surface area contributed by atoms with Gasteiger partial charge in [0.25, 0.3) is 11.8 Å². The first kappa shape index (κ1) is 17.4. The van der Waals surface area contributed by atoms with Gasteiger partial charge < -0.3 is 5.32 Å². The molecule has 3 amide bonds. The van der Waals surface area contributed by atoms with Crippen LogP contribution >= 0.6 is 0 Å². The van der Waals surface area contributed by atoms with Crippen molar-refractivity contribution in [2.45, 2.75) is 25.7 Å². The number of aromatic nitrogens is 1. The predicted molar refractivity (Wildman–Crippen MR) is 100 cm³/mol. The minimum Gasteiger partial charge on any atom is -0.324 e. The minimum absolute atomic E-state index is 0.0300. The predicted octanol–water partition coefficient (Wildman–Crippen LogP) is 3.12. The molecule has 27 heavy (non-hydrogen) atoms. The lowest BCUT2D eigenvalue weighted by Gasteiger charge is -2.32. The van der Waals surface area contributed by atoms with Gasteiger partial charge in [-0.2, -0.15) is 0 Å². The Morgan fingerprint density at radius 3 is 2.41 bits per heavy atom. The normalized spacial score (nSPS) is 21.9. The molecule has 138 valence electrons. The molecule has 2 atom stereocenters. The lowest BCUT2D eigenvalue weighted by atomic mass is 9.78. The molecular weight excluding hydrogens is 342 g/mol. The fourth-order valence-corrected chi connectivity index (χ4v) is 4.08. The summed E-state index contributed by atoms with van der Waals surface area (Å²) in [5.74, 6) is -0.828. The van der Waals surface area contributed by atoms with E-state index in [9.17, 15) is 14.4 Å². The van der Waals surface area contributed by atoms with E-state index in [2.05, 4.69) is 10.3 Å². The molecule has 1 N–H and O–H groups in total. The summed E-state index contributed by atoms with van der Waals surface area (Å²) in [5, 5.41) is 2.92. The van der Waals surface area contributed by atoms with Crippen LogP contribution in [0.1, 0.15) is 46.4 Å². The molecule has 1 saturated carbocycles. The van der Waals surface area contributed by atoms with E-state index in [-0.39, 0.29) is 36.1 Å². The van der Waals surface area contributed by atoms with E-state index in [1.165, 1.54) is 4.90 Å². The van der Waals surface area contributed by atoms with Crippen molar-refractivity contribution in [2.75, 3.05) is 11.9 Å². The van der Waals surface area contributed by atoms with Crippen LogP contribution in [0.4, 0.5) is 5.69 Å². The molecule has 1 aromatic carbocycles. The van der Waals surface area contributed by atoms with Gasteiger partial charge >= 0.3 is 0 Å². The van der Waals surface area contributed by atoms with Crippen LogP contribution in [0.2, 0.25) is 0 Å². The summed E-state index contributed by atoms with van der Waals surface area (Å²) in [6.07, 6.45) is 6.84. The Kier molecular flexibility index (Phi) is 4.71. The number of amides is 3. The van der Waals surface area contributed by atoms with Gasteiger partial charge in [-0.3, -0.25) is 24.3 Å².